The van der Waals surface area contributed by atoms with Crippen molar-refractivity contribution in [2.24, 2.45) is 0 Å². The summed E-state index contributed by atoms with van der Waals surface area (Å²) >= 11 is 0. The molecule has 1 aromatic rings. The van der Waals surface area contributed by atoms with Crippen LogP contribution in [-0.2, 0) is 4.79 Å². The fraction of sp³-hybridized carbons (Fsp3) is 0.562. The zero-order chi connectivity index (χ0) is 15.5. The van der Waals surface area contributed by atoms with Gasteiger partial charge in [0.25, 0.3) is 0 Å². The molecule has 0 heterocycles. The van der Waals surface area contributed by atoms with E-state index in [1.54, 1.807) is 21.0 Å². The fourth-order valence-electron chi connectivity index (χ4n) is 2.62. The summed E-state index contributed by atoms with van der Waals surface area (Å²) in [5.41, 5.74) is 1.23. The maximum atomic E-state index is 11.5. The van der Waals surface area contributed by atoms with E-state index in [9.17, 15) is 9.90 Å². The highest BCUT2D eigenvalue weighted by atomic mass is 16.5. The van der Waals surface area contributed by atoms with E-state index in [2.05, 4.69) is 6.07 Å². The molecule has 0 amide bonds. The van der Waals surface area contributed by atoms with Gasteiger partial charge in [0.15, 0.2) is 0 Å². The van der Waals surface area contributed by atoms with Gasteiger partial charge in [-0.15, -0.1) is 0 Å². The highest BCUT2D eigenvalue weighted by Gasteiger charge is 2.37. The Morgan fingerprint density at radius 2 is 2.05 bits per heavy atom. The van der Waals surface area contributed by atoms with Crippen LogP contribution < -0.4 is 4.74 Å². The molecule has 0 aliphatic rings. The topological polar surface area (TPSA) is 49.8 Å². The van der Waals surface area contributed by atoms with Gasteiger partial charge in [0.05, 0.1) is 7.11 Å². The molecule has 0 radical (unpaired) electrons. The van der Waals surface area contributed by atoms with E-state index in [4.69, 9.17) is 4.74 Å². The largest absolute Gasteiger partial charge is 0.496 e. The number of hydrogen-bond acceptors (Lipinski definition) is 3. The van der Waals surface area contributed by atoms with Crippen molar-refractivity contribution in [2.75, 3.05) is 13.7 Å². The van der Waals surface area contributed by atoms with E-state index >= 15 is 0 Å². The number of aryl methyl sites for hydroxylation is 1. The number of rotatable bonds is 6. The Morgan fingerprint density at radius 3 is 2.50 bits per heavy atom. The third kappa shape index (κ3) is 3.12. The molecule has 0 aliphatic heterocycles. The minimum absolute atomic E-state index is 0.0408. The minimum atomic E-state index is -0.928. The van der Waals surface area contributed by atoms with E-state index in [1.165, 1.54) is 0 Å². The average Bonchev–Trinajstić information content (AvgIpc) is 2.38. The maximum absolute atomic E-state index is 11.5. The summed E-state index contributed by atoms with van der Waals surface area (Å²) < 4.78 is 5.42. The average molecular weight is 279 g/mol. The van der Waals surface area contributed by atoms with Crippen LogP contribution in [-0.4, -0.2) is 35.2 Å². The number of methoxy groups -OCH3 is 1. The molecule has 1 N–H and O–H groups in total. The van der Waals surface area contributed by atoms with Crippen LogP contribution >= 0.6 is 0 Å². The van der Waals surface area contributed by atoms with E-state index < -0.39 is 11.5 Å². The summed E-state index contributed by atoms with van der Waals surface area (Å²) in [5.74, 6) is -0.0273. The van der Waals surface area contributed by atoms with Gasteiger partial charge >= 0.3 is 5.97 Å². The molecule has 0 spiro atoms. The lowest BCUT2D eigenvalue weighted by Crippen LogP contribution is -2.51. The van der Waals surface area contributed by atoms with Crippen LogP contribution in [0.25, 0.3) is 0 Å². The Kier molecular flexibility index (Phi) is 5.17. The molecule has 0 aromatic heterocycles. The van der Waals surface area contributed by atoms with Crippen molar-refractivity contribution in [1.82, 2.24) is 4.90 Å². The molecule has 0 saturated carbocycles. The lowest BCUT2D eigenvalue weighted by molar-refractivity contribution is -0.150. The number of carboxylic acid groups (broad SMARTS) is 1. The first-order chi connectivity index (χ1) is 9.25. The zero-order valence-corrected chi connectivity index (χ0v) is 13.2. The molecular weight excluding hydrogens is 254 g/mol. The molecular formula is C16H25NO3. The van der Waals surface area contributed by atoms with E-state index in [1.807, 2.05) is 37.8 Å². The molecule has 0 aliphatic carbocycles. The van der Waals surface area contributed by atoms with Gasteiger partial charge in [-0.05, 0) is 40.3 Å². The first-order valence-electron chi connectivity index (χ1n) is 6.90. The van der Waals surface area contributed by atoms with Crippen LogP contribution in [0.2, 0.25) is 0 Å². The zero-order valence-electron chi connectivity index (χ0n) is 13.2. The Morgan fingerprint density at radius 1 is 1.45 bits per heavy atom. The lowest BCUT2D eigenvalue weighted by Gasteiger charge is -2.39. The monoisotopic (exact) mass is 279 g/mol. The van der Waals surface area contributed by atoms with Gasteiger partial charge in [-0.2, -0.15) is 0 Å². The summed E-state index contributed by atoms with van der Waals surface area (Å²) in [6, 6.07) is 5.95. The standard InChI is InChI=1S/C16H25NO3/c1-7-17(16(4,5)15(18)19)12(3)13-10-11(2)8-9-14(13)20-6/h8-10,12H,7H2,1-6H3,(H,18,19). The Hall–Kier alpha value is -1.55. The van der Waals surface area contributed by atoms with Crippen molar-refractivity contribution < 1.29 is 14.6 Å². The van der Waals surface area contributed by atoms with Gasteiger partial charge in [-0.25, -0.2) is 0 Å². The van der Waals surface area contributed by atoms with Crippen LogP contribution in [0, 0.1) is 6.92 Å². The summed E-state index contributed by atoms with van der Waals surface area (Å²) in [5, 5.41) is 9.45. The number of nitrogens with zero attached hydrogens (tertiary/aromatic N) is 1. The first-order valence-corrected chi connectivity index (χ1v) is 6.90. The van der Waals surface area contributed by atoms with E-state index in [-0.39, 0.29) is 6.04 Å². The van der Waals surface area contributed by atoms with Gasteiger partial charge in [-0.1, -0.05) is 24.6 Å². The Balaban J connectivity index is 3.24. The predicted octanol–water partition coefficient (Wildman–Crippen LogP) is 3.25. The second-order valence-electron chi connectivity index (χ2n) is 5.57. The molecule has 112 valence electrons. The molecule has 1 unspecified atom stereocenters. The Bertz CT molecular complexity index is 483. The highest BCUT2D eigenvalue weighted by molar-refractivity contribution is 5.77. The van der Waals surface area contributed by atoms with E-state index in [0.717, 1.165) is 16.9 Å². The number of ether oxygens (including phenoxy) is 1. The quantitative estimate of drug-likeness (QED) is 0.868. The van der Waals surface area contributed by atoms with Crippen molar-refractivity contribution >= 4 is 5.97 Å². The number of carbonyl (C=O) groups is 1. The van der Waals surface area contributed by atoms with Gasteiger partial charge in [0.1, 0.15) is 11.3 Å². The number of likely N-dealkylation sites (N-methyl/N-ethyl adjacent to an activating group) is 1. The third-order valence-electron chi connectivity index (χ3n) is 3.88. The number of aliphatic carboxylic acids is 1. The predicted molar refractivity (Wildman–Crippen MR) is 80.2 cm³/mol. The van der Waals surface area contributed by atoms with Crippen molar-refractivity contribution in [3.05, 3.63) is 29.3 Å². The molecule has 1 atom stereocenters. The van der Waals surface area contributed by atoms with Crippen molar-refractivity contribution in [3.8, 4) is 5.75 Å². The van der Waals surface area contributed by atoms with Crippen molar-refractivity contribution in [2.45, 2.75) is 46.2 Å². The van der Waals surface area contributed by atoms with Crippen LogP contribution in [0.5, 0.6) is 5.75 Å². The number of carboxylic acids is 1. The number of benzene rings is 1. The molecule has 1 aromatic carbocycles. The second-order valence-corrected chi connectivity index (χ2v) is 5.57. The van der Waals surface area contributed by atoms with Crippen LogP contribution in [0.15, 0.2) is 18.2 Å². The molecule has 1 rings (SSSR count). The van der Waals surface area contributed by atoms with Gasteiger partial charge < -0.3 is 9.84 Å². The van der Waals surface area contributed by atoms with Crippen LogP contribution in [0.3, 0.4) is 0 Å². The van der Waals surface area contributed by atoms with Gasteiger partial charge in [0, 0.05) is 11.6 Å². The first kappa shape index (κ1) is 16.5. The summed E-state index contributed by atoms with van der Waals surface area (Å²) in [6.07, 6.45) is 0. The molecule has 0 bridgehead atoms. The van der Waals surface area contributed by atoms with Crippen LogP contribution in [0.1, 0.15) is 44.9 Å². The fourth-order valence-corrected chi connectivity index (χ4v) is 2.62. The summed E-state index contributed by atoms with van der Waals surface area (Å²) in [6.45, 7) is 10.1. The second kappa shape index (κ2) is 6.27. The minimum Gasteiger partial charge on any atom is -0.496 e. The van der Waals surface area contributed by atoms with Gasteiger partial charge in [0.2, 0.25) is 0 Å². The SMILES string of the molecule is CCN(C(C)c1cc(C)ccc1OC)C(C)(C)C(=O)O. The van der Waals surface area contributed by atoms with Crippen molar-refractivity contribution in [1.29, 1.82) is 0 Å². The number of hydrogen-bond donors (Lipinski definition) is 1. The highest BCUT2D eigenvalue weighted by Crippen LogP contribution is 2.34. The molecule has 0 fully saturated rings. The normalized spacial score (nSPS) is 13.3. The molecule has 4 heteroatoms. The molecule has 0 saturated heterocycles. The summed E-state index contributed by atoms with van der Waals surface area (Å²) in [4.78, 5) is 13.5. The molecule has 20 heavy (non-hydrogen) atoms. The summed E-state index contributed by atoms with van der Waals surface area (Å²) in [7, 11) is 1.64. The van der Waals surface area contributed by atoms with Crippen molar-refractivity contribution in [3.63, 3.8) is 0 Å². The third-order valence-corrected chi connectivity index (χ3v) is 3.88. The van der Waals surface area contributed by atoms with E-state index in [0.29, 0.717) is 6.54 Å². The smallest absolute Gasteiger partial charge is 0.323 e. The van der Waals surface area contributed by atoms with Crippen LogP contribution in [0.4, 0.5) is 0 Å². The van der Waals surface area contributed by atoms with Gasteiger partial charge in [-0.3, -0.25) is 9.69 Å². The Labute approximate surface area is 121 Å². The lowest BCUT2D eigenvalue weighted by atomic mass is 9.96. The molecule has 4 nitrogen and oxygen atoms in total. The maximum Gasteiger partial charge on any atom is 0.323 e.